The van der Waals surface area contributed by atoms with E-state index in [4.69, 9.17) is 0 Å². The molecular formula is C25H34N4O3. The van der Waals surface area contributed by atoms with E-state index in [9.17, 15) is 14.4 Å². The van der Waals surface area contributed by atoms with E-state index in [1.165, 1.54) is 6.92 Å². The molecule has 0 saturated carbocycles. The molecular weight excluding hydrogens is 404 g/mol. The molecule has 7 nitrogen and oxygen atoms in total. The zero-order chi connectivity index (χ0) is 23.1. The summed E-state index contributed by atoms with van der Waals surface area (Å²) in [6.45, 7) is 8.14. The van der Waals surface area contributed by atoms with E-state index >= 15 is 0 Å². The predicted octanol–water partition coefficient (Wildman–Crippen LogP) is 3.74. The summed E-state index contributed by atoms with van der Waals surface area (Å²) >= 11 is 0. The number of benzene rings is 1. The number of para-hydroxylation sites is 1. The van der Waals surface area contributed by atoms with Crippen molar-refractivity contribution < 1.29 is 14.4 Å². The van der Waals surface area contributed by atoms with Crippen LogP contribution >= 0.6 is 0 Å². The van der Waals surface area contributed by atoms with Crippen LogP contribution in [0.25, 0.3) is 17.0 Å². The average molecular weight is 439 g/mol. The number of unbranched alkanes of at least 4 members (excludes halogenated alkanes) is 2. The monoisotopic (exact) mass is 438 g/mol. The first-order valence-corrected chi connectivity index (χ1v) is 11.7. The number of hydrazine groups is 1. The number of aromatic nitrogens is 1. The number of hydrogen-bond donors (Lipinski definition) is 1. The molecule has 1 N–H and O–H groups in total. The Morgan fingerprint density at radius 2 is 1.56 bits per heavy atom. The van der Waals surface area contributed by atoms with E-state index < -0.39 is 0 Å². The molecule has 1 saturated heterocycles. The molecule has 3 amide bonds. The van der Waals surface area contributed by atoms with Gasteiger partial charge in [0.2, 0.25) is 5.91 Å². The lowest BCUT2D eigenvalue weighted by Gasteiger charge is -2.27. The number of fused-ring (bicyclic) bond motifs is 1. The Hall–Kier alpha value is -3.09. The number of nitrogens with one attached hydrogen (secondary N) is 1. The summed E-state index contributed by atoms with van der Waals surface area (Å²) in [5, 5.41) is 7.08. The Morgan fingerprint density at radius 1 is 0.938 bits per heavy atom. The number of carbonyl (C=O) groups is 3. The van der Waals surface area contributed by atoms with Crippen LogP contribution < -0.4 is 5.32 Å². The smallest absolute Gasteiger partial charge is 0.278 e. The summed E-state index contributed by atoms with van der Waals surface area (Å²) in [5.74, 6) is -0.449. The zero-order valence-electron chi connectivity index (χ0n) is 19.4. The minimum absolute atomic E-state index is 0.0358. The predicted molar refractivity (Wildman–Crippen MR) is 126 cm³/mol. The summed E-state index contributed by atoms with van der Waals surface area (Å²) in [7, 11) is 0. The number of amides is 3. The van der Waals surface area contributed by atoms with Crippen molar-refractivity contribution in [3.63, 3.8) is 0 Å². The van der Waals surface area contributed by atoms with E-state index in [1.54, 1.807) is 16.1 Å². The minimum Gasteiger partial charge on any atom is -0.356 e. The van der Waals surface area contributed by atoms with Gasteiger partial charge in [0.05, 0.1) is 0 Å². The molecule has 0 aliphatic carbocycles. The first kappa shape index (κ1) is 23.6. The summed E-state index contributed by atoms with van der Waals surface area (Å²) in [4.78, 5) is 37.4. The highest BCUT2D eigenvalue weighted by Crippen LogP contribution is 2.28. The highest BCUT2D eigenvalue weighted by atomic mass is 16.2. The molecule has 2 aromatic rings. The minimum atomic E-state index is -0.206. The van der Waals surface area contributed by atoms with Gasteiger partial charge in [-0.25, -0.2) is 10.0 Å². The van der Waals surface area contributed by atoms with Crippen LogP contribution in [0.15, 0.2) is 36.0 Å². The van der Waals surface area contributed by atoms with E-state index in [2.05, 4.69) is 23.7 Å². The third-order valence-corrected chi connectivity index (χ3v) is 5.74. The van der Waals surface area contributed by atoms with E-state index in [1.807, 2.05) is 30.5 Å². The van der Waals surface area contributed by atoms with E-state index in [-0.39, 0.29) is 23.3 Å². The number of aryl methyl sites for hydroxylation is 1. The van der Waals surface area contributed by atoms with Gasteiger partial charge in [0.15, 0.2) is 0 Å². The van der Waals surface area contributed by atoms with Crippen LogP contribution in [-0.4, -0.2) is 51.9 Å². The van der Waals surface area contributed by atoms with Crippen molar-refractivity contribution in [3.05, 3.63) is 41.6 Å². The van der Waals surface area contributed by atoms with Gasteiger partial charge in [-0.1, -0.05) is 44.9 Å². The van der Waals surface area contributed by atoms with Gasteiger partial charge in [-0.2, -0.15) is 0 Å². The SMILES string of the molecule is CCCCN1C(=O)C(=Cc2cn(CCCNC(C)=O)c3ccccc23)C(=O)N1CCCC. The van der Waals surface area contributed by atoms with Crippen LogP contribution in [0.3, 0.4) is 0 Å². The van der Waals surface area contributed by atoms with Crippen molar-refractivity contribution in [2.24, 2.45) is 0 Å². The maximum Gasteiger partial charge on any atom is 0.278 e. The van der Waals surface area contributed by atoms with E-state index in [0.717, 1.165) is 55.1 Å². The van der Waals surface area contributed by atoms with Crippen molar-refractivity contribution in [1.29, 1.82) is 0 Å². The van der Waals surface area contributed by atoms with Crippen molar-refractivity contribution in [2.75, 3.05) is 19.6 Å². The molecule has 0 radical (unpaired) electrons. The standard InChI is InChI=1S/C25H34N4O3/c1-4-6-15-28-24(31)22(25(32)29(28)16-7-5-2)17-20-18-27(14-10-13-26-19(3)30)23-12-9-8-11-21(20)23/h8-9,11-12,17-18H,4-7,10,13-16H2,1-3H3,(H,26,30). The van der Waals surface area contributed by atoms with Gasteiger partial charge in [-0.05, 0) is 31.4 Å². The second kappa shape index (κ2) is 11.0. The molecule has 1 aliphatic heterocycles. The highest BCUT2D eigenvalue weighted by molar-refractivity contribution is 6.25. The molecule has 3 rings (SSSR count). The molecule has 0 spiro atoms. The summed E-state index contributed by atoms with van der Waals surface area (Å²) in [6.07, 6.45) is 8.20. The van der Waals surface area contributed by atoms with Crippen LogP contribution in [0, 0.1) is 0 Å². The molecule has 0 unspecified atom stereocenters. The summed E-state index contributed by atoms with van der Waals surface area (Å²) in [6, 6.07) is 7.99. The second-order valence-corrected chi connectivity index (χ2v) is 8.25. The Labute approximate surface area is 190 Å². The van der Waals surface area contributed by atoms with Crippen molar-refractivity contribution >= 4 is 34.7 Å². The van der Waals surface area contributed by atoms with Gasteiger partial charge in [0, 0.05) is 55.8 Å². The van der Waals surface area contributed by atoms with Crippen LogP contribution in [-0.2, 0) is 20.9 Å². The second-order valence-electron chi connectivity index (χ2n) is 8.25. The van der Waals surface area contributed by atoms with E-state index in [0.29, 0.717) is 19.6 Å². The number of rotatable bonds is 11. The van der Waals surface area contributed by atoms with Crippen LogP contribution in [0.2, 0.25) is 0 Å². The fourth-order valence-electron chi connectivity index (χ4n) is 4.02. The lowest BCUT2D eigenvalue weighted by molar-refractivity contribution is -0.147. The molecule has 1 aromatic heterocycles. The van der Waals surface area contributed by atoms with Gasteiger partial charge in [0.25, 0.3) is 11.8 Å². The van der Waals surface area contributed by atoms with Crippen molar-refractivity contribution in [1.82, 2.24) is 19.9 Å². The van der Waals surface area contributed by atoms with Crippen molar-refractivity contribution in [2.45, 2.75) is 59.4 Å². The number of hydrogen-bond acceptors (Lipinski definition) is 3. The summed E-state index contributed by atoms with van der Waals surface area (Å²) < 4.78 is 2.12. The third kappa shape index (κ3) is 5.21. The molecule has 7 heteroatoms. The Morgan fingerprint density at radius 3 is 2.16 bits per heavy atom. The first-order valence-electron chi connectivity index (χ1n) is 11.7. The summed E-state index contributed by atoms with van der Waals surface area (Å²) in [5.41, 5.74) is 2.15. The molecule has 172 valence electrons. The van der Waals surface area contributed by atoms with Crippen LogP contribution in [0.4, 0.5) is 0 Å². The van der Waals surface area contributed by atoms with Gasteiger partial charge in [-0.15, -0.1) is 0 Å². The first-order chi connectivity index (χ1) is 15.5. The zero-order valence-corrected chi connectivity index (χ0v) is 19.4. The lowest BCUT2D eigenvalue weighted by Crippen LogP contribution is -2.42. The van der Waals surface area contributed by atoms with Gasteiger partial charge in [0.1, 0.15) is 5.57 Å². The normalized spacial score (nSPS) is 14.0. The molecule has 32 heavy (non-hydrogen) atoms. The fraction of sp³-hybridized carbons (Fsp3) is 0.480. The Bertz CT molecular complexity index is 980. The maximum absolute atomic E-state index is 13.2. The molecule has 1 aromatic carbocycles. The highest BCUT2D eigenvalue weighted by Gasteiger charge is 2.40. The average Bonchev–Trinajstić information content (AvgIpc) is 3.24. The molecule has 1 fully saturated rings. The lowest BCUT2D eigenvalue weighted by atomic mass is 10.1. The molecule has 0 bridgehead atoms. The van der Waals surface area contributed by atoms with Gasteiger partial charge in [-0.3, -0.25) is 14.4 Å². The van der Waals surface area contributed by atoms with Crippen LogP contribution in [0.1, 0.15) is 58.4 Å². The number of carbonyl (C=O) groups excluding carboxylic acids is 3. The Kier molecular flexibility index (Phi) is 8.09. The molecule has 2 heterocycles. The topological polar surface area (TPSA) is 74.6 Å². The fourth-order valence-corrected chi connectivity index (χ4v) is 4.02. The largest absolute Gasteiger partial charge is 0.356 e. The third-order valence-electron chi connectivity index (χ3n) is 5.74. The Balaban J connectivity index is 1.90. The van der Waals surface area contributed by atoms with Gasteiger partial charge >= 0.3 is 0 Å². The maximum atomic E-state index is 13.2. The van der Waals surface area contributed by atoms with Crippen molar-refractivity contribution in [3.8, 4) is 0 Å². The quantitative estimate of drug-likeness (QED) is 0.330. The van der Waals surface area contributed by atoms with Gasteiger partial charge < -0.3 is 9.88 Å². The number of nitrogens with zero attached hydrogens (tertiary/aromatic N) is 3. The molecule has 1 aliphatic rings. The van der Waals surface area contributed by atoms with Crippen LogP contribution in [0.5, 0.6) is 0 Å². The molecule has 0 atom stereocenters.